The monoisotopic (exact) mass is 440 g/mol. The second kappa shape index (κ2) is 9.92. The van der Waals surface area contributed by atoms with Crippen molar-refractivity contribution in [1.29, 1.82) is 0 Å². The normalized spacial score (nSPS) is 10.5. The van der Waals surface area contributed by atoms with E-state index < -0.39 is 17.8 Å². The summed E-state index contributed by atoms with van der Waals surface area (Å²) in [5, 5.41) is 0. The molecule has 0 heterocycles. The summed E-state index contributed by atoms with van der Waals surface area (Å²) in [7, 11) is 0. The van der Waals surface area contributed by atoms with Gasteiger partial charge in [-0.1, -0.05) is 42.0 Å². The predicted molar refractivity (Wildman–Crippen MR) is 123 cm³/mol. The molecular weight excluding hydrogens is 419 g/mol. The van der Waals surface area contributed by atoms with Crippen LogP contribution in [0.5, 0.6) is 11.5 Å². The molecule has 4 rings (SSSR count). The minimum Gasteiger partial charge on any atom is -0.423 e. The van der Waals surface area contributed by atoms with Gasteiger partial charge in [-0.05, 0) is 85.1 Å². The van der Waals surface area contributed by atoms with Crippen LogP contribution < -0.4 is 9.47 Å². The zero-order valence-electron chi connectivity index (χ0n) is 18.0. The van der Waals surface area contributed by atoms with Crippen molar-refractivity contribution in [2.75, 3.05) is 0 Å². The van der Waals surface area contributed by atoms with Gasteiger partial charge in [-0.2, -0.15) is 0 Å². The highest BCUT2D eigenvalue weighted by Gasteiger charge is 2.10. The molecule has 0 spiro atoms. The summed E-state index contributed by atoms with van der Waals surface area (Å²) >= 11 is 0. The van der Waals surface area contributed by atoms with Crippen molar-refractivity contribution in [1.82, 2.24) is 0 Å². The molecule has 164 valence electrons. The van der Waals surface area contributed by atoms with E-state index in [2.05, 4.69) is 0 Å². The average molecular weight is 440 g/mol. The Bertz CT molecular complexity index is 1140. The summed E-state index contributed by atoms with van der Waals surface area (Å²) in [5.41, 5.74) is 3.99. The Balaban J connectivity index is 1.34. The van der Waals surface area contributed by atoms with E-state index >= 15 is 0 Å². The highest BCUT2D eigenvalue weighted by atomic mass is 19.1. The maximum atomic E-state index is 13.0. The van der Waals surface area contributed by atoms with Gasteiger partial charge in [0.2, 0.25) is 0 Å². The van der Waals surface area contributed by atoms with Crippen LogP contribution in [0.1, 0.15) is 37.4 Å². The van der Waals surface area contributed by atoms with Crippen molar-refractivity contribution in [2.24, 2.45) is 0 Å². The molecule has 0 bridgehead atoms. The van der Waals surface area contributed by atoms with Crippen molar-refractivity contribution in [3.63, 3.8) is 0 Å². The van der Waals surface area contributed by atoms with Crippen LogP contribution in [0.3, 0.4) is 0 Å². The van der Waals surface area contributed by atoms with E-state index in [4.69, 9.17) is 9.47 Å². The van der Waals surface area contributed by atoms with Crippen LogP contribution >= 0.6 is 0 Å². The Morgan fingerprint density at radius 1 is 0.606 bits per heavy atom. The quantitative estimate of drug-likeness (QED) is 0.266. The molecule has 4 aromatic rings. The standard InChI is InChI=1S/C28H21FO4/c1-19-2-14-25(15-3-19)32-27(30)22-8-4-20(5-9-22)18-21-6-10-23(11-7-21)28(31)33-26-16-12-24(29)13-17-26/h2-17H,18H2,1H3. The summed E-state index contributed by atoms with van der Waals surface area (Å²) in [6.45, 7) is 1.97. The predicted octanol–water partition coefficient (Wildman–Crippen LogP) is 6.16. The van der Waals surface area contributed by atoms with Gasteiger partial charge in [-0.15, -0.1) is 0 Å². The van der Waals surface area contributed by atoms with E-state index in [1.807, 2.05) is 43.3 Å². The van der Waals surface area contributed by atoms with Crippen molar-refractivity contribution < 1.29 is 23.5 Å². The molecule has 0 aliphatic rings. The Labute approximate surface area is 191 Å². The molecule has 4 nitrogen and oxygen atoms in total. The largest absolute Gasteiger partial charge is 0.423 e. The zero-order valence-corrected chi connectivity index (χ0v) is 18.0. The lowest BCUT2D eigenvalue weighted by molar-refractivity contribution is 0.0725. The van der Waals surface area contributed by atoms with Crippen LogP contribution in [-0.4, -0.2) is 11.9 Å². The average Bonchev–Trinajstić information content (AvgIpc) is 2.83. The summed E-state index contributed by atoms with van der Waals surface area (Å²) in [5.74, 6) is -0.520. The number of ether oxygens (including phenoxy) is 2. The first-order chi connectivity index (χ1) is 16.0. The van der Waals surface area contributed by atoms with Crippen LogP contribution in [0.4, 0.5) is 4.39 Å². The van der Waals surface area contributed by atoms with E-state index in [-0.39, 0.29) is 5.75 Å². The fraction of sp³-hybridized carbons (Fsp3) is 0.0714. The number of aryl methyl sites for hydroxylation is 1. The molecule has 0 saturated heterocycles. The van der Waals surface area contributed by atoms with Gasteiger partial charge in [0.25, 0.3) is 0 Å². The molecule has 33 heavy (non-hydrogen) atoms. The fourth-order valence-electron chi connectivity index (χ4n) is 3.19. The molecule has 0 aliphatic heterocycles. The number of carbonyl (C=O) groups excluding carboxylic acids is 2. The molecule has 0 aliphatic carbocycles. The molecule has 0 atom stereocenters. The molecule has 0 unspecified atom stereocenters. The van der Waals surface area contributed by atoms with E-state index in [0.29, 0.717) is 23.3 Å². The van der Waals surface area contributed by atoms with Crippen molar-refractivity contribution in [2.45, 2.75) is 13.3 Å². The van der Waals surface area contributed by atoms with Gasteiger partial charge in [0.05, 0.1) is 11.1 Å². The number of rotatable bonds is 6. The van der Waals surface area contributed by atoms with Gasteiger partial charge in [-0.25, -0.2) is 14.0 Å². The molecule has 5 heteroatoms. The number of benzene rings is 4. The van der Waals surface area contributed by atoms with Crippen LogP contribution in [0.2, 0.25) is 0 Å². The van der Waals surface area contributed by atoms with Crippen molar-refractivity contribution in [3.05, 3.63) is 131 Å². The smallest absolute Gasteiger partial charge is 0.343 e. The Hall–Kier alpha value is -4.25. The fourth-order valence-corrected chi connectivity index (χ4v) is 3.19. The number of hydrogen-bond donors (Lipinski definition) is 0. The molecule has 0 amide bonds. The Kier molecular flexibility index (Phi) is 6.60. The second-order valence-corrected chi connectivity index (χ2v) is 7.62. The molecular formula is C28H21FO4. The molecule has 4 aromatic carbocycles. The lowest BCUT2D eigenvalue weighted by atomic mass is 10.0. The number of hydrogen-bond acceptors (Lipinski definition) is 4. The number of carbonyl (C=O) groups is 2. The van der Waals surface area contributed by atoms with Gasteiger partial charge < -0.3 is 9.47 Å². The van der Waals surface area contributed by atoms with E-state index in [0.717, 1.165) is 16.7 Å². The first-order valence-corrected chi connectivity index (χ1v) is 10.4. The summed E-state index contributed by atoms with van der Waals surface area (Å²) in [4.78, 5) is 24.6. The van der Waals surface area contributed by atoms with Gasteiger partial charge in [-0.3, -0.25) is 0 Å². The minimum atomic E-state index is -0.510. The van der Waals surface area contributed by atoms with E-state index in [1.165, 1.54) is 24.3 Å². The minimum absolute atomic E-state index is 0.284. The van der Waals surface area contributed by atoms with Crippen LogP contribution in [0.15, 0.2) is 97.1 Å². The van der Waals surface area contributed by atoms with E-state index in [1.54, 1.807) is 36.4 Å². The van der Waals surface area contributed by atoms with Gasteiger partial charge >= 0.3 is 11.9 Å². The Morgan fingerprint density at radius 2 is 1.00 bits per heavy atom. The maximum absolute atomic E-state index is 13.0. The van der Waals surface area contributed by atoms with E-state index in [9.17, 15) is 14.0 Å². The first-order valence-electron chi connectivity index (χ1n) is 10.4. The second-order valence-electron chi connectivity index (χ2n) is 7.62. The third kappa shape index (κ3) is 5.92. The van der Waals surface area contributed by atoms with Gasteiger partial charge in [0.1, 0.15) is 17.3 Å². The highest BCUT2D eigenvalue weighted by molar-refractivity contribution is 5.91. The SMILES string of the molecule is Cc1ccc(OC(=O)c2ccc(Cc3ccc(C(=O)Oc4ccc(F)cc4)cc3)cc2)cc1. The number of esters is 2. The lowest BCUT2D eigenvalue weighted by Crippen LogP contribution is -2.09. The molecule has 0 aromatic heterocycles. The molecule has 0 saturated carbocycles. The maximum Gasteiger partial charge on any atom is 0.343 e. The lowest BCUT2D eigenvalue weighted by Gasteiger charge is -2.07. The van der Waals surface area contributed by atoms with Crippen molar-refractivity contribution >= 4 is 11.9 Å². The van der Waals surface area contributed by atoms with Crippen LogP contribution in [-0.2, 0) is 6.42 Å². The van der Waals surface area contributed by atoms with Gasteiger partial charge in [0.15, 0.2) is 0 Å². The van der Waals surface area contributed by atoms with Crippen LogP contribution in [0.25, 0.3) is 0 Å². The molecule has 0 fully saturated rings. The van der Waals surface area contributed by atoms with Crippen molar-refractivity contribution in [3.8, 4) is 11.5 Å². The third-order valence-corrected chi connectivity index (χ3v) is 5.04. The first kappa shape index (κ1) is 22.0. The third-order valence-electron chi connectivity index (χ3n) is 5.04. The number of halogens is 1. The van der Waals surface area contributed by atoms with Crippen LogP contribution in [0, 0.1) is 12.7 Å². The zero-order chi connectivity index (χ0) is 23.2. The molecule has 0 N–H and O–H groups in total. The summed E-state index contributed by atoms with van der Waals surface area (Å²) in [6, 6.07) is 26.9. The highest BCUT2D eigenvalue weighted by Crippen LogP contribution is 2.17. The topological polar surface area (TPSA) is 52.6 Å². The van der Waals surface area contributed by atoms with Gasteiger partial charge in [0, 0.05) is 0 Å². The molecule has 0 radical (unpaired) electrons. The summed E-state index contributed by atoms with van der Waals surface area (Å²) in [6.07, 6.45) is 0.639. The Morgan fingerprint density at radius 3 is 1.42 bits per heavy atom. The summed E-state index contributed by atoms with van der Waals surface area (Å²) < 4.78 is 23.6.